The highest BCUT2D eigenvalue weighted by atomic mass is 16.3. The van der Waals surface area contributed by atoms with Crippen LogP contribution in [0.3, 0.4) is 0 Å². The molecule has 114 valence electrons. The molecule has 0 spiro atoms. The van der Waals surface area contributed by atoms with E-state index >= 15 is 0 Å². The van der Waals surface area contributed by atoms with Gasteiger partial charge in [-0.2, -0.15) is 0 Å². The van der Waals surface area contributed by atoms with Crippen LogP contribution in [-0.2, 0) is 6.54 Å². The molecule has 6 heteroatoms. The molecule has 0 aliphatic rings. The third-order valence-corrected chi connectivity index (χ3v) is 3.44. The summed E-state index contributed by atoms with van der Waals surface area (Å²) in [6, 6.07) is 9.21. The Morgan fingerprint density at radius 2 is 2.27 bits per heavy atom. The van der Waals surface area contributed by atoms with E-state index in [1.54, 1.807) is 12.4 Å². The summed E-state index contributed by atoms with van der Waals surface area (Å²) in [7, 11) is 0. The van der Waals surface area contributed by atoms with Crippen molar-refractivity contribution in [1.82, 2.24) is 14.3 Å². The smallest absolute Gasteiger partial charge is 0.273 e. The second-order valence-corrected chi connectivity index (χ2v) is 5.08. The summed E-state index contributed by atoms with van der Waals surface area (Å²) in [6.45, 7) is 2.27. The minimum Gasteiger partial charge on any atom is -0.464 e. The van der Waals surface area contributed by atoms with Crippen molar-refractivity contribution < 1.29 is 14.3 Å². The van der Waals surface area contributed by atoms with Gasteiger partial charge >= 0.3 is 0 Å². The molecule has 22 heavy (non-hydrogen) atoms. The lowest BCUT2D eigenvalue weighted by Gasteiger charge is -2.20. The Bertz CT molecular complexity index is 791. The molecule has 0 bridgehead atoms. The van der Waals surface area contributed by atoms with Crippen molar-refractivity contribution in [3.05, 3.63) is 60.1 Å². The van der Waals surface area contributed by atoms with Gasteiger partial charge in [-0.15, -0.1) is 0 Å². The summed E-state index contributed by atoms with van der Waals surface area (Å²) in [5.74, 6) is 1.24. The molecule has 1 N–H and O–H groups in total. The first kappa shape index (κ1) is 14.3. The minimum atomic E-state index is -0.230. The number of furan rings is 1. The van der Waals surface area contributed by atoms with E-state index in [0.717, 1.165) is 11.3 Å². The van der Waals surface area contributed by atoms with Gasteiger partial charge in [0.2, 0.25) is 0 Å². The maximum Gasteiger partial charge on any atom is 0.273 e. The van der Waals surface area contributed by atoms with Crippen molar-refractivity contribution in [2.75, 3.05) is 13.2 Å². The van der Waals surface area contributed by atoms with Crippen LogP contribution in [0.2, 0.25) is 0 Å². The van der Waals surface area contributed by atoms with Gasteiger partial charge in [0.15, 0.2) is 0 Å². The molecular weight excluding hydrogens is 282 g/mol. The summed E-state index contributed by atoms with van der Waals surface area (Å²) in [5, 5.41) is 9.21. The number of hydrogen-bond acceptors (Lipinski definition) is 4. The van der Waals surface area contributed by atoms with Crippen molar-refractivity contribution in [2.45, 2.75) is 13.5 Å². The Labute approximate surface area is 127 Å². The van der Waals surface area contributed by atoms with Gasteiger partial charge in [0.25, 0.3) is 5.91 Å². The maximum atomic E-state index is 12.6. The van der Waals surface area contributed by atoms with Crippen molar-refractivity contribution in [3.8, 4) is 0 Å². The molecule has 6 nitrogen and oxygen atoms in total. The molecular formula is C16H17N3O3. The number of carbonyl (C=O) groups excluding carboxylic acids is 1. The van der Waals surface area contributed by atoms with Crippen LogP contribution in [0, 0.1) is 6.92 Å². The first-order valence-corrected chi connectivity index (χ1v) is 7.05. The predicted molar refractivity (Wildman–Crippen MR) is 80.5 cm³/mol. The maximum absolute atomic E-state index is 12.6. The van der Waals surface area contributed by atoms with Crippen molar-refractivity contribution in [2.24, 2.45) is 0 Å². The van der Waals surface area contributed by atoms with E-state index < -0.39 is 0 Å². The summed E-state index contributed by atoms with van der Waals surface area (Å²) in [5.41, 5.74) is 1.25. The highest BCUT2D eigenvalue weighted by Crippen LogP contribution is 2.13. The lowest BCUT2D eigenvalue weighted by molar-refractivity contribution is 0.0688. The summed E-state index contributed by atoms with van der Waals surface area (Å²) < 4.78 is 7.34. The SMILES string of the molecule is Cc1ccc(CN(CCO)C(=O)c2cc3cccn3cn2)o1. The molecule has 0 unspecified atom stereocenters. The van der Waals surface area contributed by atoms with E-state index in [-0.39, 0.29) is 19.1 Å². The van der Waals surface area contributed by atoms with Crippen molar-refractivity contribution in [3.63, 3.8) is 0 Å². The van der Waals surface area contributed by atoms with E-state index in [1.807, 2.05) is 41.8 Å². The molecule has 1 amide bonds. The number of aryl methyl sites for hydroxylation is 1. The molecule has 0 aromatic carbocycles. The Balaban J connectivity index is 1.84. The zero-order valence-corrected chi connectivity index (χ0v) is 12.3. The number of rotatable bonds is 5. The molecule has 3 heterocycles. The van der Waals surface area contributed by atoms with E-state index in [2.05, 4.69) is 4.98 Å². The molecule has 0 aliphatic carbocycles. The van der Waals surface area contributed by atoms with E-state index in [0.29, 0.717) is 18.0 Å². The summed E-state index contributed by atoms with van der Waals surface area (Å²) >= 11 is 0. The molecule has 0 fully saturated rings. The molecule has 0 saturated carbocycles. The number of aliphatic hydroxyl groups is 1. The fourth-order valence-electron chi connectivity index (χ4n) is 2.35. The van der Waals surface area contributed by atoms with Crippen molar-refractivity contribution in [1.29, 1.82) is 0 Å². The summed E-state index contributed by atoms with van der Waals surface area (Å²) in [4.78, 5) is 18.3. The second kappa shape index (κ2) is 6.03. The lowest BCUT2D eigenvalue weighted by Crippen LogP contribution is -2.33. The van der Waals surface area contributed by atoms with Crippen LogP contribution in [0.25, 0.3) is 5.52 Å². The molecule has 0 radical (unpaired) electrons. The number of hydrogen-bond donors (Lipinski definition) is 1. The number of aliphatic hydroxyl groups excluding tert-OH is 1. The quantitative estimate of drug-likeness (QED) is 0.780. The van der Waals surface area contributed by atoms with Crippen LogP contribution in [0.15, 0.2) is 47.3 Å². The van der Waals surface area contributed by atoms with Crippen molar-refractivity contribution >= 4 is 11.4 Å². The van der Waals surface area contributed by atoms with E-state index in [9.17, 15) is 9.90 Å². The van der Waals surface area contributed by atoms with Gasteiger partial charge in [-0.05, 0) is 37.3 Å². The van der Waals surface area contributed by atoms with Gasteiger partial charge in [-0.3, -0.25) is 4.79 Å². The molecule has 0 aliphatic heterocycles. The summed E-state index contributed by atoms with van der Waals surface area (Å²) in [6.07, 6.45) is 3.48. The first-order chi connectivity index (χ1) is 10.7. The fourth-order valence-corrected chi connectivity index (χ4v) is 2.35. The Kier molecular flexibility index (Phi) is 3.93. The van der Waals surface area contributed by atoms with Crippen LogP contribution >= 0.6 is 0 Å². The standard InChI is InChI=1S/C16H17N3O3/c1-12-4-5-14(22-12)10-18(7-8-20)16(21)15-9-13-3-2-6-19(13)11-17-15/h2-6,9,11,20H,7-8,10H2,1H3. The Morgan fingerprint density at radius 1 is 1.41 bits per heavy atom. The van der Waals surface area contributed by atoms with Gasteiger partial charge < -0.3 is 18.8 Å². The van der Waals surface area contributed by atoms with Gasteiger partial charge in [-0.1, -0.05) is 0 Å². The zero-order valence-electron chi connectivity index (χ0n) is 12.3. The van der Waals surface area contributed by atoms with E-state index in [1.165, 1.54) is 4.90 Å². The molecule has 3 rings (SSSR count). The zero-order chi connectivity index (χ0) is 15.5. The van der Waals surface area contributed by atoms with Crippen LogP contribution in [0.5, 0.6) is 0 Å². The number of aromatic nitrogens is 2. The number of fused-ring (bicyclic) bond motifs is 1. The lowest BCUT2D eigenvalue weighted by atomic mass is 10.3. The first-order valence-electron chi connectivity index (χ1n) is 7.05. The van der Waals surface area contributed by atoms with Gasteiger partial charge in [0.05, 0.1) is 19.5 Å². The fraction of sp³-hybridized carbons (Fsp3) is 0.250. The number of amides is 1. The monoisotopic (exact) mass is 299 g/mol. The molecule has 3 aromatic rings. The van der Waals surface area contributed by atoms with Crippen LogP contribution in [0.1, 0.15) is 22.0 Å². The largest absolute Gasteiger partial charge is 0.464 e. The Hall–Kier alpha value is -2.60. The van der Waals surface area contributed by atoms with Crippen LogP contribution in [-0.4, -0.2) is 38.4 Å². The minimum absolute atomic E-state index is 0.112. The van der Waals surface area contributed by atoms with Gasteiger partial charge in [-0.25, -0.2) is 4.98 Å². The average Bonchev–Trinajstić information content (AvgIpc) is 3.14. The van der Waals surface area contributed by atoms with Crippen LogP contribution in [0.4, 0.5) is 0 Å². The topological polar surface area (TPSA) is 71.0 Å². The normalized spacial score (nSPS) is 11.0. The Morgan fingerprint density at radius 3 is 3.00 bits per heavy atom. The second-order valence-electron chi connectivity index (χ2n) is 5.08. The molecule has 0 atom stereocenters. The number of nitrogens with zero attached hydrogens (tertiary/aromatic N) is 3. The van der Waals surface area contributed by atoms with Gasteiger partial charge in [0, 0.05) is 18.3 Å². The molecule has 3 aromatic heterocycles. The highest BCUT2D eigenvalue weighted by molar-refractivity contribution is 5.93. The highest BCUT2D eigenvalue weighted by Gasteiger charge is 2.18. The average molecular weight is 299 g/mol. The molecule has 0 saturated heterocycles. The third-order valence-electron chi connectivity index (χ3n) is 3.44. The number of carbonyl (C=O) groups is 1. The van der Waals surface area contributed by atoms with Crippen LogP contribution < -0.4 is 0 Å². The van der Waals surface area contributed by atoms with Gasteiger partial charge in [0.1, 0.15) is 17.2 Å². The van der Waals surface area contributed by atoms with E-state index in [4.69, 9.17) is 4.42 Å². The third kappa shape index (κ3) is 2.87. The predicted octanol–water partition coefficient (Wildman–Crippen LogP) is 1.87.